The van der Waals surface area contributed by atoms with Gasteiger partial charge in [-0.1, -0.05) is 41.7 Å². The Bertz CT molecular complexity index is 1020. The number of aromatic nitrogens is 4. The van der Waals surface area contributed by atoms with Gasteiger partial charge in [-0.05, 0) is 19.1 Å². The van der Waals surface area contributed by atoms with Crippen molar-refractivity contribution in [2.45, 2.75) is 13.5 Å². The fourth-order valence-electron chi connectivity index (χ4n) is 2.64. The van der Waals surface area contributed by atoms with Crippen molar-refractivity contribution in [1.29, 1.82) is 0 Å². The van der Waals surface area contributed by atoms with Gasteiger partial charge >= 0.3 is 0 Å². The van der Waals surface area contributed by atoms with Gasteiger partial charge in [-0.2, -0.15) is 5.10 Å². The summed E-state index contributed by atoms with van der Waals surface area (Å²) >= 11 is 1.53. The number of fused-ring (bicyclic) bond motifs is 1. The van der Waals surface area contributed by atoms with Crippen molar-refractivity contribution in [1.82, 2.24) is 24.9 Å². The molecule has 7 heteroatoms. The Hall–Kier alpha value is -3.06. The molecule has 0 radical (unpaired) electrons. The van der Waals surface area contributed by atoms with E-state index in [2.05, 4.69) is 15.4 Å². The molecule has 0 bridgehead atoms. The first-order valence-corrected chi connectivity index (χ1v) is 8.63. The van der Waals surface area contributed by atoms with Crippen LogP contribution in [-0.2, 0) is 6.54 Å². The second-order valence-corrected chi connectivity index (χ2v) is 6.67. The molecular weight excluding hydrogens is 334 g/mol. The Morgan fingerprint density at radius 3 is 2.68 bits per heavy atom. The lowest BCUT2D eigenvalue weighted by molar-refractivity contribution is 0.0950. The Balaban J connectivity index is 1.69. The number of carbonyl (C=O) groups is 1. The molecule has 25 heavy (non-hydrogen) atoms. The van der Waals surface area contributed by atoms with E-state index in [9.17, 15) is 4.79 Å². The van der Waals surface area contributed by atoms with E-state index >= 15 is 0 Å². The van der Waals surface area contributed by atoms with Crippen LogP contribution < -0.4 is 5.32 Å². The summed E-state index contributed by atoms with van der Waals surface area (Å²) in [6.07, 6.45) is 3.20. The number of hydrogen-bond acceptors (Lipinski definition) is 5. The van der Waals surface area contributed by atoms with E-state index in [1.807, 2.05) is 41.8 Å². The Morgan fingerprint density at radius 2 is 1.92 bits per heavy atom. The number of nitrogens with zero attached hydrogens (tertiary/aromatic N) is 4. The van der Waals surface area contributed by atoms with Gasteiger partial charge < -0.3 is 5.32 Å². The average molecular weight is 349 g/mol. The molecule has 1 amide bonds. The van der Waals surface area contributed by atoms with Crippen LogP contribution in [0.3, 0.4) is 0 Å². The van der Waals surface area contributed by atoms with Crippen LogP contribution in [0.1, 0.15) is 21.1 Å². The largest absolute Gasteiger partial charge is 0.346 e. The maximum absolute atomic E-state index is 12.3. The highest BCUT2D eigenvalue weighted by Crippen LogP contribution is 2.26. The first kappa shape index (κ1) is 15.5. The Kier molecular flexibility index (Phi) is 3.99. The molecule has 3 aromatic heterocycles. The summed E-state index contributed by atoms with van der Waals surface area (Å²) in [5.74, 6) is -0.150. The van der Waals surface area contributed by atoms with Crippen molar-refractivity contribution in [2.75, 3.05) is 0 Å². The van der Waals surface area contributed by atoms with Gasteiger partial charge in [0, 0.05) is 23.5 Å². The quantitative estimate of drug-likeness (QED) is 0.614. The highest BCUT2D eigenvalue weighted by atomic mass is 32.1. The molecule has 0 fully saturated rings. The topological polar surface area (TPSA) is 72.2 Å². The van der Waals surface area contributed by atoms with Crippen molar-refractivity contribution in [3.8, 4) is 11.3 Å². The second-order valence-electron chi connectivity index (χ2n) is 5.51. The third-order valence-corrected chi connectivity index (χ3v) is 4.63. The minimum absolute atomic E-state index is 0.150. The van der Waals surface area contributed by atoms with Gasteiger partial charge in [0.15, 0.2) is 0 Å². The lowest BCUT2D eigenvalue weighted by atomic mass is 10.1. The number of imidazole rings is 1. The van der Waals surface area contributed by atoms with E-state index in [-0.39, 0.29) is 5.91 Å². The van der Waals surface area contributed by atoms with Crippen molar-refractivity contribution in [3.05, 3.63) is 71.1 Å². The van der Waals surface area contributed by atoms with E-state index in [1.54, 1.807) is 24.5 Å². The zero-order chi connectivity index (χ0) is 17.2. The molecule has 0 atom stereocenters. The lowest BCUT2D eigenvalue weighted by Gasteiger charge is -2.06. The van der Waals surface area contributed by atoms with Crippen molar-refractivity contribution in [3.63, 3.8) is 0 Å². The number of benzene rings is 1. The summed E-state index contributed by atoms with van der Waals surface area (Å²) in [5, 5.41) is 8.41. The summed E-state index contributed by atoms with van der Waals surface area (Å²) in [6, 6.07) is 13.3. The third kappa shape index (κ3) is 3.01. The summed E-state index contributed by atoms with van der Waals surface area (Å²) in [7, 11) is 0. The van der Waals surface area contributed by atoms with Crippen LogP contribution in [-0.4, -0.2) is 25.5 Å². The standard InChI is InChI=1S/C18H15N5OS/c1-12-22-23-15(11-20-17(24)14-7-9-19-10-8-14)16(21-18(23)25-12)13-5-3-2-4-6-13/h2-10H,11H2,1H3,(H,20,24). The van der Waals surface area contributed by atoms with Crippen LogP contribution >= 0.6 is 11.3 Å². The number of nitrogens with one attached hydrogen (secondary N) is 1. The maximum atomic E-state index is 12.3. The van der Waals surface area contributed by atoms with Gasteiger partial charge in [0.05, 0.1) is 17.9 Å². The summed E-state index contributed by atoms with van der Waals surface area (Å²) in [6.45, 7) is 2.29. The molecule has 0 unspecified atom stereocenters. The van der Waals surface area contributed by atoms with E-state index in [0.717, 1.165) is 26.9 Å². The van der Waals surface area contributed by atoms with Gasteiger partial charge in [-0.25, -0.2) is 9.50 Å². The number of rotatable bonds is 4. The molecule has 1 aromatic carbocycles. The molecule has 0 aliphatic heterocycles. The fraction of sp³-hybridized carbons (Fsp3) is 0.111. The highest BCUT2D eigenvalue weighted by Gasteiger charge is 2.18. The number of amides is 1. The first-order valence-electron chi connectivity index (χ1n) is 7.81. The molecule has 124 valence electrons. The maximum Gasteiger partial charge on any atom is 0.251 e. The van der Waals surface area contributed by atoms with Crippen molar-refractivity contribution in [2.24, 2.45) is 0 Å². The molecule has 4 aromatic rings. The van der Waals surface area contributed by atoms with Crippen LogP contribution in [0.25, 0.3) is 16.2 Å². The predicted molar refractivity (Wildman–Crippen MR) is 96.4 cm³/mol. The van der Waals surface area contributed by atoms with Crippen LogP contribution in [0.4, 0.5) is 0 Å². The molecule has 0 saturated heterocycles. The molecular formula is C18H15N5OS. The Morgan fingerprint density at radius 1 is 1.16 bits per heavy atom. The zero-order valence-electron chi connectivity index (χ0n) is 13.5. The molecule has 0 spiro atoms. The normalized spacial score (nSPS) is 10.9. The molecule has 0 aliphatic rings. The molecule has 4 rings (SSSR count). The molecule has 1 N–H and O–H groups in total. The monoisotopic (exact) mass is 349 g/mol. The minimum atomic E-state index is -0.150. The summed E-state index contributed by atoms with van der Waals surface area (Å²) in [5.41, 5.74) is 3.29. The van der Waals surface area contributed by atoms with E-state index in [4.69, 9.17) is 4.98 Å². The SMILES string of the molecule is Cc1nn2c(CNC(=O)c3ccncc3)c(-c3ccccc3)nc2s1. The minimum Gasteiger partial charge on any atom is -0.346 e. The van der Waals surface area contributed by atoms with E-state index in [1.165, 1.54) is 11.3 Å². The van der Waals surface area contributed by atoms with Gasteiger partial charge in [-0.15, -0.1) is 0 Å². The van der Waals surface area contributed by atoms with Gasteiger partial charge in [0.1, 0.15) is 5.01 Å². The van der Waals surface area contributed by atoms with E-state index < -0.39 is 0 Å². The molecule has 0 aliphatic carbocycles. The number of carbonyl (C=O) groups excluding carboxylic acids is 1. The highest BCUT2D eigenvalue weighted by molar-refractivity contribution is 7.16. The van der Waals surface area contributed by atoms with Gasteiger partial charge in [0.2, 0.25) is 4.96 Å². The van der Waals surface area contributed by atoms with Gasteiger partial charge in [0.25, 0.3) is 5.91 Å². The predicted octanol–water partition coefficient (Wildman–Crippen LogP) is 3.09. The van der Waals surface area contributed by atoms with Crippen molar-refractivity contribution >= 4 is 22.2 Å². The zero-order valence-corrected chi connectivity index (χ0v) is 14.3. The molecule has 0 saturated carbocycles. The average Bonchev–Trinajstić information content (AvgIpc) is 3.17. The van der Waals surface area contributed by atoms with Crippen LogP contribution in [0.5, 0.6) is 0 Å². The van der Waals surface area contributed by atoms with Crippen LogP contribution in [0.15, 0.2) is 54.9 Å². The first-order chi connectivity index (χ1) is 12.2. The fourth-order valence-corrected chi connectivity index (χ4v) is 3.40. The summed E-state index contributed by atoms with van der Waals surface area (Å²) < 4.78 is 1.81. The Labute approximate surface area is 148 Å². The summed E-state index contributed by atoms with van der Waals surface area (Å²) in [4.78, 5) is 21.8. The third-order valence-electron chi connectivity index (χ3n) is 3.80. The second kappa shape index (κ2) is 6.45. The van der Waals surface area contributed by atoms with Crippen molar-refractivity contribution < 1.29 is 4.79 Å². The number of pyridine rings is 1. The molecule has 6 nitrogen and oxygen atoms in total. The number of aryl methyl sites for hydroxylation is 1. The smallest absolute Gasteiger partial charge is 0.251 e. The van der Waals surface area contributed by atoms with E-state index in [0.29, 0.717) is 12.1 Å². The number of hydrogen-bond donors (Lipinski definition) is 1. The van der Waals surface area contributed by atoms with Gasteiger partial charge in [-0.3, -0.25) is 9.78 Å². The van der Waals surface area contributed by atoms with Crippen LogP contribution in [0, 0.1) is 6.92 Å². The van der Waals surface area contributed by atoms with Crippen LogP contribution in [0.2, 0.25) is 0 Å². The lowest BCUT2D eigenvalue weighted by Crippen LogP contribution is -2.24. The molecule has 3 heterocycles.